The van der Waals surface area contributed by atoms with Crippen LogP contribution in [0.3, 0.4) is 0 Å². The first kappa shape index (κ1) is 20.5. The summed E-state index contributed by atoms with van der Waals surface area (Å²) in [7, 11) is 1.69. The molecule has 2 rings (SSSR count). The number of nitrogens with zero attached hydrogens (tertiary/aromatic N) is 1. The predicted octanol–water partition coefficient (Wildman–Crippen LogP) is 3.58. The fourth-order valence-electron chi connectivity index (χ4n) is 3.05. The van der Waals surface area contributed by atoms with E-state index in [1.54, 1.807) is 18.9 Å². The second-order valence-corrected chi connectivity index (χ2v) is 6.83. The van der Waals surface area contributed by atoms with E-state index in [9.17, 15) is 9.59 Å². The van der Waals surface area contributed by atoms with Gasteiger partial charge in [-0.05, 0) is 44.4 Å². The van der Waals surface area contributed by atoms with E-state index in [0.29, 0.717) is 12.3 Å². The van der Waals surface area contributed by atoms with Crippen molar-refractivity contribution in [3.05, 3.63) is 64.7 Å². The van der Waals surface area contributed by atoms with Crippen LogP contribution in [0.25, 0.3) is 0 Å². The minimum Gasteiger partial charge on any atom is -0.481 e. The van der Waals surface area contributed by atoms with Gasteiger partial charge in [0.2, 0.25) is 0 Å². The van der Waals surface area contributed by atoms with Crippen molar-refractivity contribution in [1.29, 1.82) is 0 Å². The van der Waals surface area contributed by atoms with E-state index in [0.717, 1.165) is 22.3 Å². The van der Waals surface area contributed by atoms with Crippen molar-refractivity contribution in [2.45, 2.75) is 40.3 Å². The zero-order chi connectivity index (χ0) is 20.0. The minimum absolute atomic E-state index is 0.231. The lowest BCUT2D eigenvalue weighted by molar-refractivity contribution is -0.160. The van der Waals surface area contributed by atoms with Crippen LogP contribution in [-0.4, -0.2) is 36.5 Å². The van der Waals surface area contributed by atoms with Crippen LogP contribution in [0.2, 0.25) is 0 Å². The van der Waals surface area contributed by atoms with Gasteiger partial charge in [0.05, 0.1) is 0 Å². The molecule has 2 aromatic rings. The van der Waals surface area contributed by atoms with E-state index in [1.807, 2.05) is 63.2 Å². The molecule has 0 radical (unpaired) electrons. The van der Waals surface area contributed by atoms with Crippen molar-refractivity contribution in [3.63, 3.8) is 0 Å². The number of ether oxygens (including phenoxy) is 2. The Morgan fingerprint density at radius 3 is 2.22 bits per heavy atom. The lowest BCUT2D eigenvalue weighted by atomic mass is 10.1. The second kappa shape index (κ2) is 9.21. The first-order valence-corrected chi connectivity index (χ1v) is 8.97. The second-order valence-electron chi connectivity index (χ2n) is 6.83. The first-order chi connectivity index (χ1) is 12.8. The summed E-state index contributed by atoms with van der Waals surface area (Å²) in [5, 5.41) is 0. The molecule has 0 saturated heterocycles. The standard InChI is InChI=1S/C22H27NO4/c1-15-11-16(2)21(17(3)12-15)26-14-20(24)27-18(4)22(25)23(5)13-19-9-7-6-8-10-19/h6-12,18H,13-14H2,1-5H3/t18-/m0/s1. The molecule has 0 unspecified atom stereocenters. The van der Waals surface area contributed by atoms with Gasteiger partial charge in [0.1, 0.15) is 5.75 Å². The fourth-order valence-corrected chi connectivity index (χ4v) is 3.05. The van der Waals surface area contributed by atoms with Crippen molar-refractivity contribution in [1.82, 2.24) is 4.90 Å². The summed E-state index contributed by atoms with van der Waals surface area (Å²) in [6.07, 6.45) is -0.866. The van der Waals surface area contributed by atoms with Crippen LogP contribution in [0, 0.1) is 20.8 Å². The van der Waals surface area contributed by atoms with Crippen molar-refractivity contribution in [2.75, 3.05) is 13.7 Å². The average Bonchev–Trinajstić information content (AvgIpc) is 2.60. The van der Waals surface area contributed by atoms with E-state index >= 15 is 0 Å². The zero-order valence-corrected chi connectivity index (χ0v) is 16.6. The Balaban J connectivity index is 1.87. The lowest BCUT2D eigenvalue weighted by Crippen LogP contribution is -2.37. The smallest absolute Gasteiger partial charge is 0.344 e. The van der Waals surface area contributed by atoms with Gasteiger partial charge in [0.25, 0.3) is 5.91 Å². The molecule has 0 aliphatic carbocycles. The van der Waals surface area contributed by atoms with Crippen molar-refractivity contribution in [2.24, 2.45) is 0 Å². The van der Waals surface area contributed by atoms with Crippen LogP contribution >= 0.6 is 0 Å². The Bertz CT molecular complexity index is 778. The Labute approximate surface area is 160 Å². The summed E-state index contributed by atoms with van der Waals surface area (Å²) < 4.78 is 10.9. The molecule has 5 heteroatoms. The highest BCUT2D eigenvalue weighted by Gasteiger charge is 2.22. The molecule has 5 nitrogen and oxygen atoms in total. The molecule has 27 heavy (non-hydrogen) atoms. The molecular formula is C22H27NO4. The van der Waals surface area contributed by atoms with E-state index < -0.39 is 12.1 Å². The Morgan fingerprint density at radius 1 is 1.04 bits per heavy atom. The maximum atomic E-state index is 12.4. The van der Waals surface area contributed by atoms with Crippen LogP contribution in [-0.2, 0) is 20.9 Å². The maximum Gasteiger partial charge on any atom is 0.344 e. The van der Waals surface area contributed by atoms with Crippen molar-refractivity contribution >= 4 is 11.9 Å². The summed E-state index contributed by atoms with van der Waals surface area (Å²) in [5.74, 6) is -0.143. The zero-order valence-electron chi connectivity index (χ0n) is 16.6. The van der Waals surface area contributed by atoms with Crippen LogP contribution in [0.5, 0.6) is 5.75 Å². The van der Waals surface area contributed by atoms with Crippen molar-refractivity contribution in [3.8, 4) is 5.75 Å². The Hall–Kier alpha value is -2.82. The van der Waals surface area contributed by atoms with E-state index in [2.05, 4.69) is 0 Å². The van der Waals surface area contributed by atoms with Gasteiger partial charge < -0.3 is 14.4 Å². The van der Waals surface area contributed by atoms with E-state index in [-0.39, 0.29) is 12.5 Å². The number of carbonyl (C=O) groups is 2. The highest BCUT2D eigenvalue weighted by Crippen LogP contribution is 2.24. The number of likely N-dealkylation sites (N-methyl/N-ethyl adjacent to an activating group) is 1. The third-order valence-corrected chi connectivity index (χ3v) is 4.23. The highest BCUT2D eigenvalue weighted by atomic mass is 16.6. The van der Waals surface area contributed by atoms with Crippen LogP contribution in [0.15, 0.2) is 42.5 Å². The number of benzene rings is 2. The molecule has 1 amide bonds. The summed E-state index contributed by atoms with van der Waals surface area (Å²) >= 11 is 0. The summed E-state index contributed by atoms with van der Waals surface area (Å²) in [5.41, 5.74) is 4.08. The molecule has 0 bridgehead atoms. The first-order valence-electron chi connectivity index (χ1n) is 8.97. The van der Waals surface area contributed by atoms with E-state index in [4.69, 9.17) is 9.47 Å². The molecule has 0 spiro atoms. The van der Waals surface area contributed by atoms with Gasteiger partial charge in [-0.3, -0.25) is 4.79 Å². The fraction of sp³-hybridized carbons (Fsp3) is 0.364. The van der Waals surface area contributed by atoms with Gasteiger partial charge in [-0.15, -0.1) is 0 Å². The number of hydrogen-bond acceptors (Lipinski definition) is 4. The number of amides is 1. The van der Waals surface area contributed by atoms with E-state index in [1.165, 1.54) is 0 Å². The molecule has 0 aliphatic rings. The number of rotatable bonds is 7. The third kappa shape index (κ3) is 5.84. The summed E-state index contributed by atoms with van der Waals surface area (Å²) in [6, 6.07) is 13.7. The van der Waals surface area contributed by atoms with Gasteiger partial charge >= 0.3 is 5.97 Å². The number of carbonyl (C=O) groups excluding carboxylic acids is 2. The molecule has 0 N–H and O–H groups in total. The summed E-state index contributed by atoms with van der Waals surface area (Å²) in [6.45, 7) is 7.68. The lowest BCUT2D eigenvalue weighted by Gasteiger charge is -2.21. The normalized spacial score (nSPS) is 11.6. The highest BCUT2D eigenvalue weighted by molar-refractivity contribution is 5.83. The molecule has 0 aliphatic heterocycles. The van der Waals surface area contributed by atoms with Crippen molar-refractivity contribution < 1.29 is 19.1 Å². The van der Waals surface area contributed by atoms with Crippen LogP contribution in [0.1, 0.15) is 29.2 Å². The van der Waals surface area contributed by atoms with Gasteiger partial charge in [-0.25, -0.2) is 4.79 Å². The topological polar surface area (TPSA) is 55.8 Å². The SMILES string of the molecule is Cc1cc(C)c(OCC(=O)O[C@@H](C)C(=O)N(C)Cc2ccccc2)c(C)c1. The van der Waals surface area contributed by atoms with Crippen LogP contribution in [0.4, 0.5) is 0 Å². The largest absolute Gasteiger partial charge is 0.481 e. The monoisotopic (exact) mass is 369 g/mol. The molecule has 0 saturated carbocycles. The molecule has 1 atom stereocenters. The quantitative estimate of drug-likeness (QED) is 0.700. The van der Waals surface area contributed by atoms with Gasteiger partial charge in [0.15, 0.2) is 12.7 Å². The van der Waals surface area contributed by atoms with Gasteiger partial charge in [-0.2, -0.15) is 0 Å². The van der Waals surface area contributed by atoms with Gasteiger partial charge in [0, 0.05) is 13.6 Å². The molecule has 2 aromatic carbocycles. The molecule has 0 heterocycles. The molecule has 144 valence electrons. The van der Waals surface area contributed by atoms with Crippen LogP contribution < -0.4 is 4.74 Å². The third-order valence-electron chi connectivity index (χ3n) is 4.23. The average molecular weight is 369 g/mol. The maximum absolute atomic E-state index is 12.4. The molecule has 0 aromatic heterocycles. The summed E-state index contributed by atoms with van der Waals surface area (Å²) in [4.78, 5) is 26.0. The van der Waals surface area contributed by atoms with Gasteiger partial charge in [-0.1, -0.05) is 48.0 Å². The minimum atomic E-state index is -0.866. The number of aryl methyl sites for hydroxylation is 3. The Morgan fingerprint density at radius 2 is 1.63 bits per heavy atom. The molecular weight excluding hydrogens is 342 g/mol. The number of hydrogen-bond donors (Lipinski definition) is 0. The molecule has 0 fully saturated rings. The number of esters is 1. The predicted molar refractivity (Wildman–Crippen MR) is 105 cm³/mol. The Kier molecular flexibility index (Phi) is 6.99.